The van der Waals surface area contributed by atoms with Crippen LogP contribution in [0.15, 0.2) is 65.8 Å². The number of hydrogen-bond donors (Lipinski definition) is 1. The first-order chi connectivity index (χ1) is 16.7. The largest absolute Gasteiger partial charge is 0.493 e. The molecule has 1 heterocycles. The highest BCUT2D eigenvalue weighted by atomic mass is 32.1. The van der Waals surface area contributed by atoms with Crippen LogP contribution in [0, 0.1) is 0 Å². The Morgan fingerprint density at radius 3 is 2.18 bits per heavy atom. The van der Waals surface area contributed by atoms with Gasteiger partial charge in [0.25, 0.3) is 0 Å². The van der Waals surface area contributed by atoms with Gasteiger partial charge in [-0.2, -0.15) is 5.10 Å². The lowest BCUT2D eigenvalue weighted by Gasteiger charge is -2.16. The molecule has 0 amide bonds. The predicted molar refractivity (Wildman–Crippen MR) is 134 cm³/mol. The summed E-state index contributed by atoms with van der Waals surface area (Å²) in [5.41, 5.74) is 4.69. The summed E-state index contributed by atoms with van der Waals surface area (Å²) in [5.74, 6) is 2.86. The third-order valence-electron chi connectivity index (χ3n) is 4.81. The number of ether oxygens (including phenoxy) is 5. The number of aromatic nitrogens is 1. The number of anilines is 1. The summed E-state index contributed by atoms with van der Waals surface area (Å²) < 4.78 is 29.1. The summed E-state index contributed by atoms with van der Waals surface area (Å²) >= 11 is 1.54. The van der Waals surface area contributed by atoms with Crippen LogP contribution in [-0.4, -0.2) is 45.7 Å². The van der Waals surface area contributed by atoms with Gasteiger partial charge < -0.3 is 23.7 Å². The van der Waals surface area contributed by atoms with Gasteiger partial charge in [0.05, 0.1) is 37.8 Å². The highest BCUT2D eigenvalue weighted by molar-refractivity contribution is 7.22. The van der Waals surface area contributed by atoms with Crippen LogP contribution < -0.4 is 29.1 Å². The van der Waals surface area contributed by atoms with Crippen molar-refractivity contribution in [3.05, 3.63) is 66.2 Å². The van der Waals surface area contributed by atoms with Crippen LogP contribution in [0.1, 0.15) is 5.56 Å². The number of benzene rings is 3. The number of hydrazone groups is 1. The molecule has 0 aliphatic rings. The summed E-state index contributed by atoms with van der Waals surface area (Å²) in [4.78, 5) is 4.50. The van der Waals surface area contributed by atoms with Crippen molar-refractivity contribution < 1.29 is 23.7 Å². The number of para-hydroxylation sites is 3. The van der Waals surface area contributed by atoms with Crippen molar-refractivity contribution in [2.75, 3.05) is 40.0 Å². The lowest BCUT2D eigenvalue weighted by atomic mass is 10.2. The summed E-state index contributed by atoms with van der Waals surface area (Å²) in [5, 5.41) is 5.02. The molecule has 0 aliphatic heterocycles. The van der Waals surface area contributed by atoms with Gasteiger partial charge in [0.2, 0.25) is 10.9 Å². The molecule has 0 bridgehead atoms. The first-order valence-electron chi connectivity index (χ1n) is 10.5. The molecule has 176 valence electrons. The number of hydrogen-bond acceptors (Lipinski definition) is 9. The maximum absolute atomic E-state index is 5.92. The molecule has 0 atom stereocenters. The third-order valence-corrected chi connectivity index (χ3v) is 5.75. The van der Waals surface area contributed by atoms with Crippen molar-refractivity contribution in [1.29, 1.82) is 0 Å². The Bertz CT molecular complexity index is 1220. The van der Waals surface area contributed by atoms with Crippen LogP contribution >= 0.6 is 11.3 Å². The molecular weight excluding hydrogens is 454 g/mol. The lowest BCUT2D eigenvalue weighted by Crippen LogP contribution is -2.11. The molecule has 1 aromatic heterocycles. The minimum absolute atomic E-state index is 0.289. The molecule has 8 nitrogen and oxygen atoms in total. The van der Waals surface area contributed by atoms with E-state index >= 15 is 0 Å². The van der Waals surface area contributed by atoms with E-state index in [2.05, 4.69) is 15.5 Å². The monoisotopic (exact) mass is 479 g/mol. The second-order valence-corrected chi connectivity index (χ2v) is 7.99. The fourth-order valence-corrected chi connectivity index (χ4v) is 4.05. The molecule has 34 heavy (non-hydrogen) atoms. The van der Waals surface area contributed by atoms with Crippen molar-refractivity contribution in [3.63, 3.8) is 0 Å². The van der Waals surface area contributed by atoms with E-state index in [1.165, 1.54) is 11.3 Å². The number of rotatable bonds is 11. The van der Waals surface area contributed by atoms with Gasteiger partial charge in [-0.15, -0.1) is 0 Å². The summed E-state index contributed by atoms with van der Waals surface area (Å²) in [7, 11) is 4.76. The fraction of sp³-hybridized carbons (Fsp3) is 0.200. The Morgan fingerprint density at radius 2 is 1.47 bits per heavy atom. The number of methoxy groups -OCH3 is 3. The maximum Gasteiger partial charge on any atom is 0.204 e. The van der Waals surface area contributed by atoms with E-state index in [9.17, 15) is 0 Å². The standard InChI is InChI=1S/C25H25N3O5S/c1-29-19-9-5-6-10-20(19)32-12-13-33-24-21(30-2)14-17(15-22(24)31-3)16-26-28-25-27-18-8-4-7-11-23(18)34-25/h4-11,14-16H,12-13H2,1-3H3,(H,27,28)/b26-16-. The van der Waals surface area contributed by atoms with Crippen molar-refractivity contribution in [2.24, 2.45) is 5.10 Å². The van der Waals surface area contributed by atoms with E-state index < -0.39 is 0 Å². The minimum Gasteiger partial charge on any atom is -0.493 e. The zero-order chi connectivity index (χ0) is 23.8. The molecule has 4 aromatic rings. The molecule has 1 N–H and O–H groups in total. The third kappa shape index (κ3) is 5.49. The number of nitrogens with one attached hydrogen (secondary N) is 1. The number of nitrogens with zero attached hydrogens (tertiary/aromatic N) is 2. The molecule has 3 aromatic carbocycles. The first-order valence-corrected chi connectivity index (χ1v) is 11.3. The highest BCUT2D eigenvalue weighted by Gasteiger charge is 2.14. The van der Waals surface area contributed by atoms with Gasteiger partial charge in [0, 0.05) is 5.56 Å². The molecule has 0 spiro atoms. The molecule has 0 unspecified atom stereocenters. The van der Waals surface area contributed by atoms with Gasteiger partial charge in [-0.1, -0.05) is 35.6 Å². The molecule has 0 fully saturated rings. The predicted octanol–water partition coefficient (Wildman–Crippen LogP) is 5.23. The number of fused-ring (bicyclic) bond motifs is 1. The molecule has 0 saturated heterocycles. The van der Waals surface area contributed by atoms with Crippen LogP contribution in [0.4, 0.5) is 5.13 Å². The Labute approximate surface area is 201 Å². The normalized spacial score (nSPS) is 10.9. The fourth-order valence-electron chi connectivity index (χ4n) is 3.23. The van der Waals surface area contributed by atoms with Crippen LogP contribution in [0.3, 0.4) is 0 Å². The summed E-state index contributed by atoms with van der Waals surface area (Å²) in [6.07, 6.45) is 1.67. The molecule has 0 aliphatic carbocycles. The van der Waals surface area contributed by atoms with E-state index in [-0.39, 0.29) is 6.61 Å². The second kappa shape index (κ2) is 11.2. The summed E-state index contributed by atoms with van der Waals surface area (Å²) in [6.45, 7) is 0.610. The van der Waals surface area contributed by atoms with Crippen molar-refractivity contribution in [3.8, 4) is 28.7 Å². The van der Waals surface area contributed by atoms with Gasteiger partial charge in [-0.05, 0) is 36.4 Å². The average Bonchev–Trinajstić information content (AvgIpc) is 3.29. The quantitative estimate of drug-likeness (QED) is 0.179. The van der Waals surface area contributed by atoms with Gasteiger partial charge in [-0.25, -0.2) is 4.98 Å². The van der Waals surface area contributed by atoms with Crippen molar-refractivity contribution in [2.45, 2.75) is 0 Å². The molecular formula is C25H25N3O5S. The lowest BCUT2D eigenvalue weighted by molar-refractivity contribution is 0.200. The number of thiazole rings is 1. The summed E-state index contributed by atoms with van der Waals surface area (Å²) in [6, 6.07) is 19.0. The van der Waals surface area contributed by atoms with Crippen LogP contribution in [-0.2, 0) is 0 Å². The van der Waals surface area contributed by atoms with Crippen LogP contribution in [0.25, 0.3) is 10.2 Å². The molecule has 0 radical (unpaired) electrons. The van der Waals surface area contributed by atoms with E-state index in [0.717, 1.165) is 15.8 Å². The maximum atomic E-state index is 5.92. The van der Waals surface area contributed by atoms with E-state index in [1.54, 1.807) is 27.5 Å². The van der Waals surface area contributed by atoms with Crippen molar-refractivity contribution in [1.82, 2.24) is 4.98 Å². The zero-order valence-electron chi connectivity index (χ0n) is 19.1. The van der Waals surface area contributed by atoms with Crippen molar-refractivity contribution >= 4 is 32.9 Å². The molecule has 9 heteroatoms. The second-order valence-electron chi connectivity index (χ2n) is 6.96. The van der Waals surface area contributed by atoms with Crippen LogP contribution in [0.2, 0.25) is 0 Å². The Balaban J connectivity index is 1.40. The SMILES string of the molecule is COc1ccccc1OCCOc1c(OC)cc(/C=N\Nc2nc3ccccc3s2)cc1OC. The smallest absolute Gasteiger partial charge is 0.204 e. The Kier molecular flexibility index (Phi) is 7.67. The first kappa shape index (κ1) is 23.2. The van der Waals surface area contributed by atoms with E-state index in [0.29, 0.717) is 40.5 Å². The molecule has 4 rings (SSSR count). The van der Waals surface area contributed by atoms with Crippen LogP contribution in [0.5, 0.6) is 28.7 Å². The molecule has 0 saturated carbocycles. The Morgan fingerprint density at radius 1 is 0.824 bits per heavy atom. The van der Waals surface area contributed by atoms with Gasteiger partial charge >= 0.3 is 0 Å². The highest BCUT2D eigenvalue weighted by Crippen LogP contribution is 2.38. The van der Waals surface area contributed by atoms with E-state index in [1.807, 2.05) is 60.7 Å². The average molecular weight is 480 g/mol. The van der Waals surface area contributed by atoms with Gasteiger partial charge in [0.1, 0.15) is 13.2 Å². The van der Waals surface area contributed by atoms with E-state index in [4.69, 9.17) is 23.7 Å². The zero-order valence-corrected chi connectivity index (χ0v) is 19.9. The van der Waals surface area contributed by atoms with Gasteiger partial charge in [0.15, 0.2) is 23.0 Å². The Hall–Kier alpha value is -3.98. The van der Waals surface area contributed by atoms with Gasteiger partial charge in [-0.3, -0.25) is 5.43 Å². The minimum atomic E-state index is 0.289. The topological polar surface area (TPSA) is 83.4 Å².